The van der Waals surface area contributed by atoms with Crippen molar-refractivity contribution in [2.45, 2.75) is 13.3 Å². The number of hydrogen-bond donors (Lipinski definition) is 2. The summed E-state index contributed by atoms with van der Waals surface area (Å²) in [5, 5.41) is 16.4. The van der Waals surface area contributed by atoms with Gasteiger partial charge in [0.25, 0.3) is 17.5 Å². The molecule has 0 aliphatic rings. The first kappa shape index (κ1) is 19.9. The average Bonchev–Trinajstić information content (AvgIpc) is 2.65. The quantitative estimate of drug-likeness (QED) is 0.576. The van der Waals surface area contributed by atoms with Crippen LogP contribution in [0.15, 0.2) is 42.5 Å². The van der Waals surface area contributed by atoms with Gasteiger partial charge in [-0.3, -0.25) is 19.7 Å². The van der Waals surface area contributed by atoms with E-state index < -0.39 is 10.8 Å². The second-order valence-electron chi connectivity index (χ2n) is 6.14. The molecule has 0 radical (unpaired) electrons. The molecule has 2 N–H and O–H groups in total. The van der Waals surface area contributed by atoms with E-state index in [1.807, 2.05) is 25.9 Å². The fourth-order valence-corrected chi connectivity index (χ4v) is 2.48. The molecule has 0 saturated heterocycles. The number of rotatable bonds is 7. The van der Waals surface area contributed by atoms with E-state index in [0.29, 0.717) is 17.8 Å². The number of hydrogen-bond acceptors (Lipinski definition) is 5. The molecule has 0 aliphatic heterocycles. The fourth-order valence-electron chi connectivity index (χ4n) is 2.48. The third kappa shape index (κ3) is 5.04. The molecule has 142 valence electrons. The van der Waals surface area contributed by atoms with Gasteiger partial charge in [0.1, 0.15) is 0 Å². The molecule has 27 heavy (non-hydrogen) atoms. The second-order valence-corrected chi connectivity index (χ2v) is 6.14. The average molecular weight is 370 g/mol. The number of nitro groups is 1. The Morgan fingerprint density at radius 1 is 1.11 bits per heavy atom. The molecule has 0 aliphatic carbocycles. The molecule has 0 spiro atoms. The van der Waals surface area contributed by atoms with E-state index in [0.717, 1.165) is 12.1 Å². The van der Waals surface area contributed by atoms with Gasteiger partial charge in [-0.2, -0.15) is 0 Å². The Hall–Kier alpha value is -3.42. The maximum Gasteiger partial charge on any atom is 0.270 e. The summed E-state index contributed by atoms with van der Waals surface area (Å²) in [6.45, 7) is 2.51. The molecule has 0 fully saturated rings. The van der Waals surface area contributed by atoms with Gasteiger partial charge in [0.05, 0.1) is 10.5 Å². The molecule has 8 heteroatoms. The first-order valence-corrected chi connectivity index (χ1v) is 8.49. The highest BCUT2D eigenvalue weighted by atomic mass is 16.6. The number of non-ortho nitro benzene ring substituents is 1. The molecule has 0 atom stereocenters. The number of benzene rings is 2. The lowest BCUT2D eigenvalue weighted by Gasteiger charge is -2.18. The van der Waals surface area contributed by atoms with Crippen molar-refractivity contribution >= 4 is 28.9 Å². The monoisotopic (exact) mass is 370 g/mol. The van der Waals surface area contributed by atoms with Crippen LogP contribution >= 0.6 is 0 Å². The Labute approximate surface area is 157 Å². The van der Waals surface area contributed by atoms with Crippen LogP contribution in [0.2, 0.25) is 0 Å². The van der Waals surface area contributed by atoms with Crippen LogP contribution in [0.25, 0.3) is 0 Å². The zero-order valence-corrected chi connectivity index (χ0v) is 15.5. The van der Waals surface area contributed by atoms with Gasteiger partial charge >= 0.3 is 0 Å². The molecule has 2 rings (SSSR count). The van der Waals surface area contributed by atoms with Crippen molar-refractivity contribution in [2.75, 3.05) is 30.9 Å². The van der Waals surface area contributed by atoms with E-state index >= 15 is 0 Å². The topological polar surface area (TPSA) is 105 Å². The van der Waals surface area contributed by atoms with Crippen molar-refractivity contribution in [1.82, 2.24) is 5.32 Å². The third-order valence-corrected chi connectivity index (χ3v) is 3.84. The molecule has 0 bridgehead atoms. The van der Waals surface area contributed by atoms with Gasteiger partial charge in [0.15, 0.2) is 0 Å². The minimum Gasteiger partial charge on any atom is -0.377 e. The minimum absolute atomic E-state index is 0.162. The zero-order valence-electron chi connectivity index (χ0n) is 15.5. The normalized spacial score (nSPS) is 10.2. The summed E-state index contributed by atoms with van der Waals surface area (Å²) in [7, 11) is 3.65. The molecule has 2 amide bonds. The van der Waals surface area contributed by atoms with E-state index in [1.54, 1.807) is 18.2 Å². The van der Waals surface area contributed by atoms with Gasteiger partial charge in [0.2, 0.25) is 0 Å². The van der Waals surface area contributed by atoms with Gasteiger partial charge in [-0.15, -0.1) is 0 Å². The van der Waals surface area contributed by atoms with E-state index in [2.05, 4.69) is 10.6 Å². The lowest BCUT2D eigenvalue weighted by atomic mass is 10.1. The molecule has 0 aromatic heterocycles. The summed E-state index contributed by atoms with van der Waals surface area (Å²) in [5.74, 6) is -0.719. The van der Waals surface area contributed by atoms with Gasteiger partial charge in [-0.05, 0) is 30.7 Å². The number of nitro benzene ring substituents is 1. The van der Waals surface area contributed by atoms with Crippen LogP contribution in [0, 0.1) is 10.1 Å². The Bertz CT molecular complexity index is 865. The number of anilines is 2. The van der Waals surface area contributed by atoms with E-state index in [-0.39, 0.29) is 17.2 Å². The highest BCUT2D eigenvalue weighted by molar-refractivity contribution is 6.06. The van der Waals surface area contributed by atoms with E-state index in [9.17, 15) is 19.7 Å². The third-order valence-electron chi connectivity index (χ3n) is 3.84. The zero-order chi connectivity index (χ0) is 20.0. The summed E-state index contributed by atoms with van der Waals surface area (Å²) in [6.07, 6.45) is 0.812. The lowest BCUT2D eigenvalue weighted by molar-refractivity contribution is -0.384. The number of nitrogens with one attached hydrogen (secondary N) is 2. The second kappa shape index (κ2) is 8.79. The molecule has 0 unspecified atom stereocenters. The van der Waals surface area contributed by atoms with Crippen LogP contribution < -0.4 is 15.5 Å². The van der Waals surface area contributed by atoms with Crippen molar-refractivity contribution in [2.24, 2.45) is 0 Å². The highest BCUT2D eigenvalue weighted by Crippen LogP contribution is 2.24. The van der Waals surface area contributed by atoms with Crippen LogP contribution in [0.5, 0.6) is 0 Å². The van der Waals surface area contributed by atoms with Crippen LogP contribution in [0.3, 0.4) is 0 Å². The van der Waals surface area contributed by atoms with Crippen molar-refractivity contribution < 1.29 is 14.5 Å². The maximum atomic E-state index is 12.4. The van der Waals surface area contributed by atoms with Crippen LogP contribution in [-0.2, 0) is 0 Å². The summed E-state index contributed by atoms with van der Waals surface area (Å²) in [6, 6.07) is 10.5. The minimum atomic E-state index is -0.557. The predicted molar refractivity (Wildman–Crippen MR) is 104 cm³/mol. The van der Waals surface area contributed by atoms with Gasteiger partial charge in [-0.25, -0.2) is 0 Å². The first-order chi connectivity index (χ1) is 12.8. The summed E-state index contributed by atoms with van der Waals surface area (Å²) < 4.78 is 0. The molecule has 2 aromatic carbocycles. The predicted octanol–water partition coefficient (Wildman–Crippen LogP) is 3.05. The van der Waals surface area contributed by atoms with Gasteiger partial charge < -0.3 is 15.5 Å². The Morgan fingerprint density at radius 2 is 1.85 bits per heavy atom. The molecule has 0 heterocycles. The van der Waals surface area contributed by atoms with Crippen molar-refractivity contribution in [3.8, 4) is 0 Å². The summed E-state index contributed by atoms with van der Waals surface area (Å²) in [5.41, 5.74) is 1.59. The number of carbonyl (C=O) groups is 2. The number of carbonyl (C=O) groups excluding carboxylic acids is 2. The Morgan fingerprint density at radius 3 is 2.48 bits per heavy atom. The first-order valence-electron chi connectivity index (χ1n) is 8.49. The SMILES string of the molecule is CCCNC(=O)c1cc(NC(=O)c2cccc([N+](=O)[O-])c2)ccc1N(C)C. The fraction of sp³-hybridized carbons (Fsp3) is 0.263. The Balaban J connectivity index is 2.28. The van der Waals surface area contributed by atoms with E-state index in [1.165, 1.54) is 24.3 Å². The molecule has 0 saturated carbocycles. The van der Waals surface area contributed by atoms with Crippen LogP contribution in [-0.4, -0.2) is 37.4 Å². The number of amides is 2. The van der Waals surface area contributed by atoms with Crippen LogP contribution in [0.4, 0.5) is 17.1 Å². The molecular weight excluding hydrogens is 348 g/mol. The highest BCUT2D eigenvalue weighted by Gasteiger charge is 2.16. The van der Waals surface area contributed by atoms with Crippen molar-refractivity contribution in [3.63, 3.8) is 0 Å². The van der Waals surface area contributed by atoms with Crippen molar-refractivity contribution in [1.29, 1.82) is 0 Å². The van der Waals surface area contributed by atoms with Gasteiger partial charge in [-0.1, -0.05) is 13.0 Å². The standard InChI is InChI=1S/C19H22N4O4/c1-4-10-20-19(25)16-12-14(8-9-17(16)22(2)3)21-18(24)13-6-5-7-15(11-13)23(26)27/h5-9,11-12H,4,10H2,1-3H3,(H,20,25)(H,21,24). The Kier molecular flexibility index (Phi) is 6.48. The molecule has 8 nitrogen and oxygen atoms in total. The van der Waals surface area contributed by atoms with Gasteiger partial charge in [0, 0.05) is 49.7 Å². The smallest absolute Gasteiger partial charge is 0.270 e. The lowest BCUT2D eigenvalue weighted by Crippen LogP contribution is -2.26. The number of nitrogens with zero attached hydrogens (tertiary/aromatic N) is 2. The molecule has 2 aromatic rings. The van der Waals surface area contributed by atoms with Crippen molar-refractivity contribution in [3.05, 3.63) is 63.7 Å². The summed E-state index contributed by atoms with van der Waals surface area (Å²) in [4.78, 5) is 37.0. The molecular formula is C19H22N4O4. The largest absolute Gasteiger partial charge is 0.377 e. The van der Waals surface area contributed by atoms with Crippen LogP contribution in [0.1, 0.15) is 34.1 Å². The van der Waals surface area contributed by atoms with E-state index in [4.69, 9.17) is 0 Å². The maximum absolute atomic E-state index is 12.4. The summed E-state index contributed by atoms with van der Waals surface area (Å²) >= 11 is 0.